The van der Waals surface area contributed by atoms with Crippen molar-refractivity contribution in [3.63, 3.8) is 0 Å². The van der Waals surface area contributed by atoms with Gasteiger partial charge in [-0.3, -0.25) is 0 Å². The van der Waals surface area contributed by atoms with Crippen LogP contribution in [0, 0.1) is 17.2 Å². The Labute approximate surface area is 115 Å². The van der Waals surface area contributed by atoms with Crippen molar-refractivity contribution < 1.29 is 18.3 Å². The standard InChI is InChI=1S/C14H15F3N2O/c1-9(2)13(20)7-19(8-13)12-4-3-11(14(15,16)17)5-10(12)6-18/h3-5,9,20H,7-8H2,1-2H3. The van der Waals surface area contributed by atoms with Crippen molar-refractivity contribution in [2.45, 2.75) is 25.6 Å². The lowest BCUT2D eigenvalue weighted by molar-refractivity contribution is -0.137. The van der Waals surface area contributed by atoms with Crippen molar-refractivity contribution >= 4 is 5.69 Å². The molecular formula is C14H15F3N2O. The van der Waals surface area contributed by atoms with Crippen LogP contribution < -0.4 is 4.90 Å². The molecule has 1 aliphatic heterocycles. The van der Waals surface area contributed by atoms with Crippen LogP contribution in [0.1, 0.15) is 25.0 Å². The molecule has 0 bridgehead atoms. The second-order valence-corrected chi connectivity index (χ2v) is 5.46. The number of aliphatic hydroxyl groups is 1. The number of halogens is 3. The molecule has 1 aromatic carbocycles. The number of hydrogen-bond donors (Lipinski definition) is 1. The molecule has 6 heteroatoms. The number of nitrogens with zero attached hydrogens (tertiary/aromatic N) is 2. The summed E-state index contributed by atoms with van der Waals surface area (Å²) in [6.07, 6.45) is -4.46. The smallest absolute Gasteiger partial charge is 0.386 e. The van der Waals surface area contributed by atoms with Gasteiger partial charge in [0, 0.05) is 13.1 Å². The van der Waals surface area contributed by atoms with Crippen LogP contribution in [0.25, 0.3) is 0 Å². The lowest BCUT2D eigenvalue weighted by atomic mass is 9.82. The highest BCUT2D eigenvalue weighted by molar-refractivity contribution is 5.63. The number of alkyl halides is 3. The van der Waals surface area contributed by atoms with E-state index in [-0.39, 0.29) is 11.5 Å². The van der Waals surface area contributed by atoms with Gasteiger partial charge in [0.05, 0.1) is 16.8 Å². The summed E-state index contributed by atoms with van der Waals surface area (Å²) in [6.45, 7) is 4.42. The minimum Gasteiger partial charge on any atom is -0.386 e. The highest BCUT2D eigenvalue weighted by Crippen LogP contribution is 2.37. The summed E-state index contributed by atoms with van der Waals surface area (Å²) in [5.41, 5.74) is -1.26. The molecule has 1 saturated heterocycles. The highest BCUT2D eigenvalue weighted by Gasteiger charge is 2.44. The Kier molecular flexibility index (Phi) is 3.42. The van der Waals surface area contributed by atoms with E-state index in [1.54, 1.807) is 11.0 Å². The largest absolute Gasteiger partial charge is 0.416 e. The predicted molar refractivity (Wildman–Crippen MR) is 68.2 cm³/mol. The van der Waals surface area contributed by atoms with Gasteiger partial charge in [0.15, 0.2) is 0 Å². The van der Waals surface area contributed by atoms with Gasteiger partial charge >= 0.3 is 6.18 Å². The molecule has 1 heterocycles. The molecule has 0 saturated carbocycles. The van der Waals surface area contributed by atoms with E-state index in [0.717, 1.165) is 12.1 Å². The zero-order chi connectivity index (χ0) is 15.1. The van der Waals surface area contributed by atoms with E-state index in [9.17, 15) is 18.3 Å². The van der Waals surface area contributed by atoms with Crippen LogP contribution in [0.2, 0.25) is 0 Å². The van der Waals surface area contributed by atoms with E-state index in [4.69, 9.17) is 5.26 Å². The van der Waals surface area contributed by atoms with Crippen LogP contribution in [0.3, 0.4) is 0 Å². The number of hydrogen-bond acceptors (Lipinski definition) is 3. The quantitative estimate of drug-likeness (QED) is 0.908. The number of β-amino-alcohol motifs (C(OH)–C–C–N with tert-alkyl or cyclic N) is 1. The normalized spacial score (nSPS) is 17.8. The van der Waals surface area contributed by atoms with E-state index in [1.165, 1.54) is 6.07 Å². The fourth-order valence-corrected chi connectivity index (χ4v) is 2.23. The summed E-state index contributed by atoms with van der Waals surface area (Å²) in [4.78, 5) is 1.72. The van der Waals surface area contributed by atoms with Crippen molar-refractivity contribution in [3.05, 3.63) is 29.3 Å². The van der Waals surface area contributed by atoms with Gasteiger partial charge in [0.1, 0.15) is 11.7 Å². The number of benzene rings is 1. The summed E-state index contributed by atoms with van der Waals surface area (Å²) in [5, 5.41) is 19.2. The molecule has 0 amide bonds. The first-order chi connectivity index (χ1) is 9.17. The maximum Gasteiger partial charge on any atom is 0.416 e. The van der Waals surface area contributed by atoms with Gasteiger partial charge < -0.3 is 10.0 Å². The Morgan fingerprint density at radius 2 is 1.95 bits per heavy atom. The van der Waals surface area contributed by atoms with Crippen LogP contribution in [-0.4, -0.2) is 23.8 Å². The second-order valence-electron chi connectivity index (χ2n) is 5.46. The third-order valence-corrected chi connectivity index (χ3v) is 3.79. The van der Waals surface area contributed by atoms with Gasteiger partial charge in [-0.2, -0.15) is 18.4 Å². The van der Waals surface area contributed by atoms with Gasteiger partial charge in [0.2, 0.25) is 0 Å². The summed E-state index contributed by atoms with van der Waals surface area (Å²) >= 11 is 0. The highest BCUT2D eigenvalue weighted by atomic mass is 19.4. The SMILES string of the molecule is CC(C)C1(O)CN(c2ccc(C(F)(F)F)cc2C#N)C1. The second kappa shape index (κ2) is 4.67. The number of nitriles is 1. The molecule has 0 aliphatic carbocycles. The van der Waals surface area contributed by atoms with Crippen LogP contribution in [-0.2, 0) is 6.18 Å². The van der Waals surface area contributed by atoms with Crippen LogP contribution in [0.15, 0.2) is 18.2 Å². The van der Waals surface area contributed by atoms with E-state index in [2.05, 4.69) is 0 Å². The zero-order valence-corrected chi connectivity index (χ0v) is 11.2. The Bertz CT molecular complexity index is 555. The molecule has 1 aromatic rings. The molecule has 2 rings (SSSR count). The molecule has 1 aliphatic rings. The Hall–Kier alpha value is -1.74. The molecule has 1 fully saturated rings. The lowest BCUT2D eigenvalue weighted by Gasteiger charge is -2.50. The number of anilines is 1. The third-order valence-electron chi connectivity index (χ3n) is 3.79. The Morgan fingerprint density at radius 3 is 2.40 bits per heavy atom. The molecule has 108 valence electrons. The van der Waals surface area contributed by atoms with Crippen molar-refractivity contribution in [1.29, 1.82) is 5.26 Å². The fourth-order valence-electron chi connectivity index (χ4n) is 2.23. The first kappa shape index (κ1) is 14.7. The topological polar surface area (TPSA) is 47.3 Å². The van der Waals surface area contributed by atoms with Gasteiger partial charge in [-0.25, -0.2) is 0 Å². The van der Waals surface area contributed by atoms with Gasteiger partial charge in [-0.05, 0) is 24.1 Å². The van der Waals surface area contributed by atoms with Gasteiger partial charge in [-0.1, -0.05) is 13.8 Å². The first-order valence-electron chi connectivity index (χ1n) is 6.26. The van der Waals surface area contributed by atoms with Gasteiger partial charge in [0.25, 0.3) is 0 Å². The maximum atomic E-state index is 12.6. The molecule has 0 radical (unpaired) electrons. The molecule has 3 nitrogen and oxygen atoms in total. The number of rotatable bonds is 2. The van der Waals surface area contributed by atoms with E-state index >= 15 is 0 Å². The molecular weight excluding hydrogens is 269 g/mol. The molecule has 0 atom stereocenters. The molecule has 0 unspecified atom stereocenters. The summed E-state index contributed by atoms with van der Waals surface area (Å²) in [7, 11) is 0. The predicted octanol–water partition coefficient (Wildman–Crippen LogP) is 2.78. The van der Waals surface area contributed by atoms with Crippen molar-refractivity contribution in [1.82, 2.24) is 0 Å². The van der Waals surface area contributed by atoms with Crippen LogP contribution >= 0.6 is 0 Å². The summed E-state index contributed by atoms with van der Waals surface area (Å²) in [5.74, 6) is 0.0544. The molecule has 0 aromatic heterocycles. The maximum absolute atomic E-state index is 12.6. The molecule has 20 heavy (non-hydrogen) atoms. The minimum absolute atomic E-state index is 0.0226. The molecule has 0 spiro atoms. The van der Waals surface area contributed by atoms with Crippen molar-refractivity contribution in [2.24, 2.45) is 5.92 Å². The fraction of sp³-hybridized carbons (Fsp3) is 0.500. The third kappa shape index (κ3) is 2.46. The minimum atomic E-state index is -4.46. The Balaban J connectivity index is 2.26. The monoisotopic (exact) mass is 284 g/mol. The van der Waals surface area contributed by atoms with Gasteiger partial charge in [-0.15, -0.1) is 0 Å². The molecule has 1 N–H and O–H groups in total. The van der Waals surface area contributed by atoms with E-state index in [1.807, 2.05) is 13.8 Å². The van der Waals surface area contributed by atoms with E-state index < -0.39 is 17.3 Å². The zero-order valence-electron chi connectivity index (χ0n) is 11.2. The average molecular weight is 284 g/mol. The lowest BCUT2D eigenvalue weighted by Crippen LogP contribution is -2.64. The summed E-state index contributed by atoms with van der Waals surface area (Å²) < 4.78 is 37.8. The average Bonchev–Trinajstić information content (AvgIpc) is 2.32. The first-order valence-corrected chi connectivity index (χ1v) is 6.26. The van der Waals surface area contributed by atoms with Crippen LogP contribution in [0.5, 0.6) is 0 Å². The summed E-state index contributed by atoms with van der Waals surface area (Å²) in [6, 6.07) is 4.89. The Morgan fingerprint density at radius 1 is 1.35 bits per heavy atom. The van der Waals surface area contributed by atoms with Crippen molar-refractivity contribution in [2.75, 3.05) is 18.0 Å². The van der Waals surface area contributed by atoms with Crippen molar-refractivity contribution in [3.8, 4) is 6.07 Å². The van der Waals surface area contributed by atoms with E-state index in [0.29, 0.717) is 18.8 Å². The van der Waals surface area contributed by atoms with Crippen LogP contribution in [0.4, 0.5) is 18.9 Å².